The number of phenols is 1. The lowest BCUT2D eigenvalue weighted by Gasteiger charge is -2.06. The number of carbonyl (C=O) groups is 2. The highest BCUT2D eigenvalue weighted by molar-refractivity contribution is 6.41. The van der Waals surface area contributed by atoms with Gasteiger partial charge in [0.25, 0.3) is 0 Å². The second-order valence-corrected chi connectivity index (χ2v) is 5.89. The van der Waals surface area contributed by atoms with Gasteiger partial charge in [0.15, 0.2) is 11.6 Å². The molecule has 0 spiro atoms. The molecular formula is C20H12O5. The topological polar surface area (TPSA) is 84.6 Å². The fourth-order valence-electron chi connectivity index (χ4n) is 3.08. The first-order valence-corrected chi connectivity index (χ1v) is 7.64. The Hall–Kier alpha value is -3.47. The highest BCUT2D eigenvalue weighted by Gasteiger charge is 2.33. The molecule has 1 aliphatic carbocycles. The lowest BCUT2D eigenvalue weighted by Crippen LogP contribution is -2.02. The molecule has 3 aromatic rings. The van der Waals surface area contributed by atoms with E-state index in [4.69, 9.17) is 4.42 Å². The number of carbonyl (C=O) groups excluding carboxylic acids is 2. The normalized spacial score (nSPS) is 13.4. The van der Waals surface area contributed by atoms with Crippen LogP contribution in [0.5, 0.6) is 5.75 Å². The minimum absolute atomic E-state index is 0.0619. The van der Waals surface area contributed by atoms with Crippen molar-refractivity contribution in [2.24, 2.45) is 0 Å². The van der Waals surface area contributed by atoms with Crippen molar-refractivity contribution in [3.05, 3.63) is 80.7 Å². The standard InChI is InChI=1S/C20H12O5/c1-10-8-17(22)25-20-11(10)6-7-16(21)14(20)9-15-18(23)12-4-2-3-5-13(12)19(15)24/h2-9,21H,1H3. The van der Waals surface area contributed by atoms with Crippen LogP contribution in [0.15, 0.2) is 57.2 Å². The van der Waals surface area contributed by atoms with Gasteiger partial charge in [0.05, 0.1) is 11.1 Å². The third kappa shape index (κ3) is 2.21. The summed E-state index contributed by atoms with van der Waals surface area (Å²) in [6.45, 7) is 1.74. The van der Waals surface area contributed by atoms with Gasteiger partial charge in [0.1, 0.15) is 11.3 Å². The Morgan fingerprint density at radius 2 is 1.60 bits per heavy atom. The van der Waals surface area contributed by atoms with Gasteiger partial charge >= 0.3 is 5.63 Å². The Labute approximate surface area is 141 Å². The fourth-order valence-corrected chi connectivity index (χ4v) is 3.08. The van der Waals surface area contributed by atoms with Crippen LogP contribution in [0.3, 0.4) is 0 Å². The Balaban J connectivity index is 2.00. The lowest BCUT2D eigenvalue weighted by atomic mass is 10.0. The van der Waals surface area contributed by atoms with E-state index in [1.807, 2.05) is 0 Å². The molecule has 0 saturated carbocycles. The number of allylic oxidation sites excluding steroid dienone is 1. The first-order valence-electron chi connectivity index (χ1n) is 7.64. The van der Waals surface area contributed by atoms with Crippen molar-refractivity contribution < 1.29 is 19.1 Å². The van der Waals surface area contributed by atoms with E-state index in [0.717, 1.165) is 0 Å². The number of benzene rings is 2. The van der Waals surface area contributed by atoms with E-state index < -0.39 is 17.2 Å². The number of aryl methyl sites for hydroxylation is 1. The van der Waals surface area contributed by atoms with Crippen LogP contribution in [0.1, 0.15) is 31.8 Å². The van der Waals surface area contributed by atoms with Crippen molar-refractivity contribution in [1.82, 2.24) is 0 Å². The summed E-state index contributed by atoms with van der Waals surface area (Å²) in [5.74, 6) is -0.996. The Bertz CT molecular complexity index is 1130. The summed E-state index contributed by atoms with van der Waals surface area (Å²) in [6, 6.07) is 11.0. The molecule has 25 heavy (non-hydrogen) atoms. The quantitative estimate of drug-likeness (QED) is 0.420. The van der Waals surface area contributed by atoms with Crippen molar-refractivity contribution in [2.45, 2.75) is 6.92 Å². The first-order chi connectivity index (χ1) is 12.0. The van der Waals surface area contributed by atoms with Gasteiger partial charge in [-0.3, -0.25) is 9.59 Å². The van der Waals surface area contributed by atoms with Gasteiger partial charge in [0, 0.05) is 22.6 Å². The number of hydrogen-bond donors (Lipinski definition) is 1. The van der Waals surface area contributed by atoms with E-state index in [-0.39, 0.29) is 22.5 Å². The zero-order valence-electron chi connectivity index (χ0n) is 13.2. The Morgan fingerprint density at radius 3 is 2.24 bits per heavy atom. The molecule has 0 atom stereocenters. The molecule has 0 unspecified atom stereocenters. The fraction of sp³-hybridized carbons (Fsp3) is 0.0500. The third-order valence-electron chi connectivity index (χ3n) is 4.33. The van der Waals surface area contributed by atoms with Gasteiger partial charge in [-0.05, 0) is 30.7 Å². The van der Waals surface area contributed by atoms with Crippen LogP contribution >= 0.6 is 0 Å². The zero-order chi connectivity index (χ0) is 17.7. The average Bonchev–Trinajstić information content (AvgIpc) is 2.82. The molecule has 122 valence electrons. The summed E-state index contributed by atoms with van der Waals surface area (Å²) in [5.41, 5.74) is 0.998. The van der Waals surface area contributed by atoms with Crippen LogP contribution in [0.2, 0.25) is 0 Å². The summed E-state index contributed by atoms with van der Waals surface area (Å²) in [6.07, 6.45) is 1.30. The maximum atomic E-state index is 12.5. The van der Waals surface area contributed by atoms with Gasteiger partial charge < -0.3 is 9.52 Å². The predicted molar refractivity (Wildman–Crippen MR) is 92.0 cm³/mol. The number of fused-ring (bicyclic) bond motifs is 2. The van der Waals surface area contributed by atoms with Crippen LogP contribution < -0.4 is 5.63 Å². The van der Waals surface area contributed by atoms with Crippen LogP contribution in [0, 0.1) is 6.92 Å². The van der Waals surface area contributed by atoms with Crippen molar-refractivity contribution in [3.63, 3.8) is 0 Å². The molecule has 1 N–H and O–H groups in total. The summed E-state index contributed by atoms with van der Waals surface area (Å²) < 4.78 is 5.23. The molecule has 0 saturated heterocycles. The number of ketones is 2. The van der Waals surface area contributed by atoms with E-state index >= 15 is 0 Å². The van der Waals surface area contributed by atoms with Gasteiger partial charge in [-0.25, -0.2) is 4.79 Å². The van der Waals surface area contributed by atoms with E-state index in [1.54, 1.807) is 37.3 Å². The number of hydrogen-bond acceptors (Lipinski definition) is 5. The van der Waals surface area contributed by atoms with Crippen LogP contribution in [-0.2, 0) is 0 Å². The molecule has 0 radical (unpaired) electrons. The second-order valence-electron chi connectivity index (χ2n) is 5.89. The molecule has 5 heteroatoms. The molecule has 0 bridgehead atoms. The van der Waals surface area contributed by atoms with Gasteiger partial charge in [-0.15, -0.1) is 0 Å². The maximum Gasteiger partial charge on any atom is 0.336 e. The van der Waals surface area contributed by atoms with Crippen molar-refractivity contribution in [1.29, 1.82) is 0 Å². The SMILES string of the molecule is Cc1cc(=O)oc2c(C=C3C(=O)c4ccccc4C3=O)c(O)ccc12. The van der Waals surface area contributed by atoms with E-state index in [1.165, 1.54) is 18.2 Å². The summed E-state index contributed by atoms with van der Waals surface area (Å²) in [7, 11) is 0. The Kier molecular flexibility index (Phi) is 3.18. The van der Waals surface area contributed by atoms with Gasteiger partial charge in [-0.2, -0.15) is 0 Å². The van der Waals surface area contributed by atoms with Crippen LogP contribution in [-0.4, -0.2) is 16.7 Å². The van der Waals surface area contributed by atoms with Crippen LogP contribution in [0.25, 0.3) is 17.0 Å². The number of Topliss-reactive ketones (excluding diaryl/α,β-unsaturated/α-hetero) is 2. The maximum absolute atomic E-state index is 12.5. The number of rotatable bonds is 1. The second kappa shape index (κ2) is 5.27. The van der Waals surface area contributed by atoms with E-state index in [2.05, 4.69) is 0 Å². The molecule has 1 aromatic heterocycles. The van der Waals surface area contributed by atoms with Crippen molar-refractivity contribution in [2.75, 3.05) is 0 Å². The largest absolute Gasteiger partial charge is 0.507 e. The van der Waals surface area contributed by atoms with Gasteiger partial charge in [0.2, 0.25) is 0 Å². The molecule has 1 heterocycles. The predicted octanol–water partition coefficient (Wildman–Crippen LogP) is 3.27. The molecule has 4 rings (SSSR count). The number of phenolic OH excluding ortho intramolecular Hbond substituents is 1. The smallest absolute Gasteiger partial charge is 0.336 e. The minimum Gasteiger partial charge on any atom is -0.507 e. The molecule has 2 aromatic carbocycles. The van der Waals surface area contributed by atoms with Gasteiger partial charge in [-0.1, -0.05) is 24.3 Å². The monoisotopic (exact) mass is 332 g/mol. The van der Waals surface area contributed by atoms with Crippen LogP contribution in [0.4, 0.5) is 0 Å². The third-order valence-corrected chi connectivity index (χ3v) is 4.33. The van der Waals surface area contributed by atoms with E-state index in [0.29, 0.717) is 22.1 Å². The molecule has 0 fully saturated rings. The number of aromatic hydroxyl groups is 1. The minimum atomic E-state index is -0.567. The molecular weight excluding hydrogens is 320 g/mol. The molecule has 0 amide bonds. The zero-order valence-corrected chi connectivity index (χ0v) is 13.2. The summed E-state index contributed by atoms with van der Waals surface area (Å²) in [5, 5.41) is 10.8. The lowest BCUT2D eigenvalue weighted by molar-refractivity contribution is 0.0990. The van der Waals surface area contributed by atoms with E-state index in [9.17, 15) is 19.5 Å². The highest BCUT2D eigenvalue weighted by Crippen LogP contribution is 2.33. The highest BCUT2D eigenvalue weighted by atomic mass is 16.4. The summed E-state index contributed by atoms with van der Waals surface area (Å²) in [4.78, 5) is 36.8. The molecule has 0 aliphatic heterocycles. The molecule has 5 nitrogen and oxygen atoms in total. The molecule has 1 aliphatic rings. The Morgan fingerprint density at radius 1 is 0.960 bits per heavy atom. The average molecular weight is 332 g/mol. The van der Waals surface area contributed by atoms with Crippen molar-refractivity contribution in [3.8, 4) is 5.75 Å². The summed E-state index contributed by atoms with van der Waals surface area (Å²) >= 11 is 0. The van der Waals surface area contributed by atoms with Crippen molar-refractivity contribution >= 4 is 28.6 Å². The first kappa shape index (κ1) is 15.1.